The average molecular weight is 281 g/mol. The Morgan fingerprint density at radius 2 is 1.61 bits per heavy atom. The number of hydrogen-bond donors (Lipinski definition) is 0. The lowest BCUT2D eigenvalue weighted by atomic mass is 10.1. The fourth-order valence-corrected chi connectivity index (χ4v) is 2.82. The van der Waals surface area contributed by atoms with E-state index < -0.39 is 9.84 Å². The van der Waals surface area contributed by atoms with E-state index in [1.54, 1.807) is 31.2 Å². The molecule has 0 aliphatic rings. The van der Waals surface area contributed by atoms with E-state index in [0.717, 1.165) is 11.1 Å². The van der Waals surface area contributed by atoms with Crippen molar-refractivity contribution in [2.75, 3.05) is 5.75 Å². The lowest BCUT2D eigenvalue weighted by Gasteiger charge is -2.06. The molecule has 0 saturated heterocycles. The Bertz CT molecular complexity index is 663. The van der Waals surface area contributed by atoms with Crippen LogP contribution in [0.15, 0.2) is 53.4 Å². The Balaban J connectivity index is 2.52. The Morgan fingerprint density at radius 1 is 1.00 bits per heavy atom. The molecule has 0 unspecified atom stereocenters. The maximum Gasteiger partial charge on any atom is 0.178 e. The first kappa shape index (κ1) is 13.1. The Hall–Kier alpha value is -1.32. The fourth-order valence-electron chi connectivity index (χ4n) is 1.70. The van der Waals surface area contributed by atoms with Crippen LogP contribution in [0.5, 0.6) is 0 Å². The van der Waals surface area contributed by atoms with Crippen LogP contribution in [0.2, 0.25) is 5.02 Å². The summed E-state index contributed by atoms with van der Waals surface area (Å²) in [4.78, 5) is 0.350. The van der Waals surface area contributed by atoms with Crippen molar-refractivity contribution in [1.29, 1.82) is 0 Å². The van der Waals surface area contributed by atoms with Crippen molar-refractivity contribution in [3.05, 3.63) is 53.6 Å². The molecule has 0 bridgehead atoms. The molecule has 0 N–H and O–H groups in total. The zero-order chi connectivity index (χ0) is 13.2. The molecule has 0 saturated carbocycles. The van der Waals surface area contributed by atoms with Crippen LogP contribution in [0.1, 0.15) is 6.92 Å². The van der Waals surface area contributed by atoms with Gasteiger partial charge in [-0.25, -0.2) is 8.42 Å². The molecule has 0 atom stereocenters. The maximum absolute atomic E-state index is 11.8. The summed E-state index contributed by atoms with van der Waals surface area (Å²) in [6, 6.07) is 14.3. The molecule has 0 heterocycles. The highest BCUT2D eigenvalue weighted by Crippen LogP contribution is 2.25. The molecule has 0 aromatic heterocycles. The molecule has 0 aliphatic carbocycles. The van der Waals surface area contributed by atoms with Crippen molar-refractivity contribution in [1.82, 2.24) is 0 Å². The van der Waals surface area contributed by atoms with E-state index in [9.17, 15) is 8.42 Å². The minimum atomic E-state index is -3.17. The Labute approximate surface area is 112 Å². The van der Waals surface area contributed by atoms with Gasteiger partial charge < -0.3 is 0 Å². The Kier molecular flexibility index (Phi) is 3.73. The monoisotopic (exact) mass is 280 g/mol. The zero-order valence-corrected chi connectivity index (χ0v) is 11.5. The molecule has 2 rings (SSSR count). The van der Waals surface area contributed by atoms with Gasteiger partial charge >= 0.3 is 0 Å². The second-order valence-electron chi connectivity index (χ2n) is 3.94. The molecule has 4 heteroatoms. The van der Waals surface area contributed by atoms with Crippen LogP contribution in [-0.4, -0.2) is 14.2 Å². The number of halogens is 1. The molecule has 2 nitrogen and oxygen atoms in total. The summed E-state index contributed by atoms with van der Waals surface area (Å²) in [6.07, 6.45) is 0. The first-order chi connectivity index (χ1) is 8.53. The van der Waals surface area contributed by atoms with Crippen LogP contribution in [0.3, 0.4) is 0 Å². The Morgan fingerprint density at radius 3 is 2.22 bits per heavy atom. The third kappa shape index (κ3) is 2.74. The van der Waals surface area contributed by atoms with E-state index in [1.807, 2.05) is 24.3 Å². The SMILES string of the molecule is CCS(=O)(=O)c1cccc(-c2cccc(Cl)c2)c1. The molecule has 0 amide bonds. The highest BCUT2D eigenvalue weighted by atomic mass is 35.5. The van der Waals surface area contributed by atoms with Crippen LogP contribution in [0, 0.1) is 0 Å². The van der Waals surface area contributed by atoms with Gasteiger partial charge in [0, 0.05) is 5.02 Å². The fraction of sp³-hybridized carbons (Fsp3) is 0.143. The van der Waals surface area contributed by atoms with Crippen molar-refractivity contribution < 1.29 is 8.42 Å². The van der Waals surface area contributed by atoms with Crippen molar-refractivity contribution in [3.63, 3.8) is 0 Å². The normalized spacial score (nSPS) is 11.4. The van der Waals surface area contributed by atoms with Crippen molar-refractivity contribution >= 4 is 21.4 Å². The maximum atomic E-state index is 11.8. The van der Waals surface area contributed by atoms with Crippen LogP contribution in [0.4, 0.5) is 0 Å². The molecule has 2 aromatic rings. The predicted molar refractivity (Wildman–Crippen MR) is 74.6 cm³/mol. The van der Waals surface area contributed by atoms with Gasteiger partial charge in [0.05, 0.1) is 10.6 Å². The van der Waals surface area contributed by atoms with E-state index in [-0.39, 0.29) is 5.75 Å². The van der Waals surface area contributed by atoms with Crippen molar-refractivity contribution in [2.45, 2.75) is 11.8 Å². The van der Waals surface area contributed by atoms with Gasteiger partial charge in [-0.3, -0.25) is 0 Å². The number of sulfone groups is 1. The number of rotatable bonds is 3. The minimum absolute atomic E-state index is 0.103. The molecule has 94 valence electrons. The van der Waals surface area contributed by atoms with E-state index in [0.29, 0.717) is 9.92 Å². The summed E-state index contributed by atoms with van der Waals surface area (Å²) in [5.41, 5.74) is 1.77. The largest absolute Gasteiger partial charge is 0.224 e. The molecular weight excluding hydrogens is 268 g/mol. The van der Waals surface area contributed by atoms with Crippen molar-refractivity contribution in [2.24, 2.45) is 0 Å². The third-order valence-corrected chi connectivity index (χ3v) is 4.70. The average Bonchev–Trinajstić information content (AvgIpc) is 2.39. The van der Waals surface area contributed by atoms with E-state index in [1.165, 1.54) is 0 Å². The van der Waals surface area contributed by atoms with Gasteiger partial charge in [0.15, 0.2) is 9.84 Å². The molecule has 18 heavy (non-hydrogen) atoms. The van der Waals surface area contributed by atoms with E-state index in [2.05, 4.69) is 0 Å². The quantitative estimate of drug-likeness (QED) is 0.857. The van der Waals surface area contributed by atoms with E-state index >= 15 is 0 Å². The highest BCUT2D eigenvalue weighted by Gasteiger charge is 2.12. The summed E-state index contributed by atoms with van der Waals surface area (Å²) in [6.45, 7) is 1.64. The zero-order valence-electron chi connectivity index (χ0n) is 9.93. The summed E-state index contributed by atoms with van der Waals surface area (Å²) >= 11 is 5.93. The summed E-state index contributed by atoms with van der Waals surface area (Å²) < 4.78 is 23.7. The lowest BCUT2D eigenvalue weighted by molar-refractivity contribution is 0.597. The van der Waals surface area contributed by atoms with E-state index in [4.69, 9.17) is 11.6 Å². The second-order valence-corrected chi connectivity index (χ2v) is 6.66. The summed E-state index contributed by atoms with van der Waals surface area (Å²) in [7, 11) is -3.17. The highest BCUT2D eigenvalue weighted by molar-refractivity contribution is 7.91. The molecular formula is C14H13ClO2S. The molecule has 0 aliphatic heterocycles. The van der Waals surface area contributed by atoms with Crippen LogP contribution in [0.25, 0.3) is 11.1 Å². The van der Waals surface area contributed by atoms with Gasteiger partial charge in [-0.2, -0.15) is 0 Å². The molecule has 0 spiro atoms. The van der Waals surface area contributed by atoms with Gasteiger partial charge in [-0.05, 0) is 35.4 Å². The molecule has 0 fully saturated rings. The topological polar surface area (TPSA) is 34.1 Å². The third-order valence-electron chi connectivity index (χ3n) is 2.73. The van der Waals surface area contributed by atoms with Crippen molar-refractivity contribution in [3.8, 4) is 11.1 Å². The van der Waals surface area contributed by atoms with Crippen LogP contribution < -0.4 is 0 Å². The standard InChI is InChI=1S/C14H13ClO2S/c1-2-18(16,17)14-8-4-6-12(10-14)11-5-3-7-13(15)9-11/h3-10H,2H2,1H3. The predicted octanol–water partition coefficient (Wildman–Crippen LogP) is 3.80. The van der Waals surface area contributed by atoms with Gasteiger partial charge in [0.2, 0.25) is 0 Å². The van der Waals surface area contributed by atoms with Gasteiger partial charge in [-0.1, -0.05) is 42.8 Å². The van der Waals surface area contributed by atoms with Crippen LogP contribution in [-0.2, 0) is 9.84 Å². The summed E-state index contributed by atoms with van der Waals surface area (Å²) in [5, 5.41) is 0.635. The molecule has 2 aromatic carbocycles. The van der Waals surface area contributed by atoms with Crippen LogP contribution >= 0.6 is 11.6 Å². The van der Waals surface area contributed by atoms with Gasteiger partial charge in [0.25, 0.3) is 0 Å². The summed E-state index contributed by atoms with van der Waals surface area (Å²) in [5.74, 6) is 0.103. The first-order valence-corrected chi connectivity index (χ1v) is 7.65. The molecule has 0 radical (unpaired) electrons. The number of benzene rings is 2. The number of hydrogen-bond acceptors (Lipinski definition) is 2. The smallest absolute Gasteiger partial charge is 0.178 e. The second kappa shape index (κ2) is 5.12. The first-order valence-electron chi connectivity index (χ1n) is 5.61. The minimum Gasteiger partial charge on any atom is -0.224 e. The van der Waals surface area contributed by atoms with Gasteiger partial charge in [0.1, 0.15) is 0 Å². The lowest BCUT2D eigenvalue weighted by Crippen LogP contribution is -2.03. The van der Waals surface area contributed by atoms with Gasteiger partial charge in [-0.15, -0.1) is 0 Å².